The summed E-state index contributed by atoms with van der Waals surface area (Å²) in [4.78, 5) is 11.8. The van der Waals surface area contributed by atoms with E-state index in [1.54, 1.807) is 17.4 Å². The molecule has 3 rings (SSSR count). The number of rotatable bonds is 7. The number of halogens is 1. The highest BCUT2D eigenvalue weighted by Gasteiger charge is 2.10. The van der Waals surface area contributed by atoms with Crippen molar-refractivity contribution in [3.8, 4) is 27.3 Å². The van der Waals surface area contributed by atoms with Gasteiger partial charge in [-0.2, -0.15) is 0 Å². The molecule has 2 aromatic carbocycles. The molecule has 1 atom stereocenters. The lowest BCUT2D eigenvalue weighted by molar-refractivity contribution is -0.122. The molecule has 0 aliphatic rings. The lowest BCUT2D eigenvalue weighted by Gasteiger charge is -2.10. The van der Waals surface area contributed by atoms with Gasteiger partial charge in [-0.3, -0.25) is 4.79 Å². The highest BCUT2D eigenvalue weighted by atomic mass is 32.1. The number of hydrogen-bond donors (Lipinski definition) is 3. The number of carbonyl (C=O) groups is 1. The van der Waals surface area contributed by atoms with E-state index < -0.39 is 0 Å². The predicted octanol–water partition coefficient (Wildman–Crippen LogP) is 6.11. The number of benzene rings is 2. The van der Waals surface area contributed by atoms with E-state index in [0.717, 1.165) is 34.6 Å². The highest BCUT2D eigenvalue weighted by molar-refractivity contribution is 7.80. The fourth-order valence-electron chi connectivity index (χ4n) is 2.77. The fraction of sp³-hybridized carbons (Fsp3) is 0.261. The van der Waals surface area contributed by atoms with Gasteiger partial charge >= 0.3 is 0 Å². The number of thiophene rings is 1. The van der Waals surface area contributed by atoms with Crippen molar-refractivity contribution in [1.29, 1.82) is 0 Å². The normalized spacial score (nSPS) is 11.4. The van der Waals surface area contributed by atoms with E-state index in [1.807, 2.05) is 18.2 Å². The molecule has 0 saturated carbocycles. The van der Waals surface area contributed by atoms with Crippen LogP contribution in [0.4, 0.5) is 4.39 Å². The molecule has 2 N–H and O–H groups in total. The second-order valence-electron chi connectivity index (χ2n) is 6.64. The summed E-state index contributed by atoms with van der Waals surface area (Å²) in [5, 5.41) is 10.4. The minimum Gasteiger partial charge on any atom is -0.494 e. The molecule has 1 heterocycles. The van der Waals surface area contributed by atoms with Crippen molar-refractivity contribution >= 4 is 30.4 Å². The van der Waals surface area contributed by atoms with Gasteiger partial charge in [-0.25, -0.2) is 4.39 Å². The molecule has 0 amide bonds. The van der Waals surface area contributed by atoms with E-state index >= 15 is 0 Å². The minimum atomic E-state index is -0.351. The summed E-state index contributed by atoms with van der Waals surface area (Å²) in [6, 6.07) is 15.8. The Kier molecular flexibility index (Phi) is 9.36. The summed E-state index contributed by atoms with van der Waals surface area (Å²) in [6.45, 7) is 4.95. The summed E-state index contributed by atoms with van der Waals surface area (Å²) in [5.74, 6) is -0.0932. The fourth-order valence-corrected chi connectivity index (χ4v) is 4.22. The Morgan fingerprint density at radius 2 is 1.77 bits per heavy atom. The zero-order valence-electron chi connectivity index (χ0n) is 17.2. The SMILES string of the molecule is CCC(C)NCc1sc(-c2ccc(-c3ccc(OC)c(F)c3)cc2)cc1S.O=CO. The Morgan fingerprint density at radius 1 is 1.17 bits per heavy atom. The summed E-state index contributed by atoms with van der Waals surface area (Å²) < 4.78 is 18.9. The van der Waals surface area contributed by atoms with E-state index in [1.165, 1.54) is 22.9 Å². The zero-order valence-corrected chi connectivity index (χ0v) is 18.9. The largest absolute Gasteiger partial charge is 0.494 e. The standard InChI is InChI=1S/C22H24FNOS2.CH2O2/c1-4-14(2)24-13-22-20(26)12-21(27-22)16-7-5-15(6-8-16)17-9-10-19(25-3)18(23)11-17;2-1-3/h5-12,14,24,26H,4,13H2,1-3H3;1H,(H,2,3). The van der Waals surface area contributed by atoms with Crippen molar-refractivity contribution in [2.45, 2.75) is 37.8 Å². The number of thiol groups is 1. The second-order valence-corrected chi connectivity index (χ2v) is 8.26. The average molecular weight is 448 g/mol. The first-order valence-corrected chi connectivity index (χ1v) is 10.8. The molecular formula is C23H26FNO3S2. The first-order valence-electron chi connectivity index (χ1n) is 9.50. The maximum absolute atomic E-state index is 13.9. The van der Waals surface area contributed by atoms with Crippen LogP contribution in [0.2, 0.25) is 0 Å². The molecule has 0 saturated heterocycles. The Bertz CT molecular complexity index is 958. The molecule has 1 aromatic heterocycles. The van der Waals surface area contributed by atoms with Crippen LogP contribution in [0.5, 0.6) is 5.75 Å². The van der Waals surface area contributed by atoms with Crippen LogP contribution in [-0.2, 0) is 11.3 Å². The lowest BCUT2D eigenvalue weighted by Crippen LogP contribution is -2.24. The Morgan fingerprint density at radius 3 is 2.33 bits per heavy atom. The molecule has 7 heteroatoms. The van der Waals surface area contributed by atoms with Gasteiger partial charge in [0.2, 0.25) is 0 Å². The summed E-state index contributed by atoms with van der Waals surface area (Å²) in [7, 11) is 1.47. The van der Waals surface area contributed by atoms with Crippen molar-refractivity contribution in [2.24, 2.45) is 0 Å². The topological polar surface area (TPSA) is 58.6 Å². The first-order chi connectivity index (χ1) is 14.4. The monoisotopic (exact) mass is 447 g/mol. The van der Waals surface area contributed by atoms with E-state index in [-0.39, 0.29) is 18.0 Å². The van der Waals surface area contributed by atoms with Crippen molar-refractivity contribution in [3.63, 3.8) is 0 Å². The Hall–Kier alpha value is -2.35. The highest BCUT2D eigenvalue weighted by Crippen LogP contribution is 2.35. The molecule has 4 nitrogen and oxygen atoms in total. The molecule has 30 heavy (non-hydrogen) atoms. The second kappa shape index (κ2) is 11.7. The van der Waals surface area contributed by atoms with Crippen LogP contribution in [0.3, 0.4) is 0 Å². The van der Waals surface area contributed by atoms with Gasteiger partial charge < -0.3 is 15.2 Å². The number of methoxy groups -OCH3 is 1. The van der Waals surface area contributed by atoms with E-state index in [0.29, 0.717) is 6.04 Å². The zero-order chi connectivity index (χ0) is 22.1. The van der Waals surface area contributed by atoms with Crippen LogP contribution in [0, 0.1) is 5.82 Å². The van der Waals surface area contributed by atoms with Crippen LogP contribution < -0.4 is 10.1 Å². The van der Waals surface area contributed by atoms with Gasteiger partial charge in [0.15, 0.2) is 11.6 Å². The number of carboxylic acid groups (broad SMARTS) is 1. The molecule has 1 unspecified atom stereocenters. The van der Waals surface area contributed by atoms with Crippen LogP contribution in [0.1, 0.15) is 25.1 Å². The number of hydrogen-bond acceptors (Lipinski definition) is 5. The van der Waals surface area contributed by atoms with Gasteiger partial charge in [-0.15, -0.1) is 24.0 Å². The van der Waals surface area contributed by atoms with Crippen molar-refractivity contribution in [2.75, 3.05) is 7.11 Å². The molecule has 0 radical (unpaired) electrons. The molecule has 3 aromatic rings. The van der Waals surface area contributed by atoms with Crippen LogP contribution in [-0.4, -0.2) is 24.7 Å². The third-order valence-electron chi connectivity index (χ3n) is 4.66. The van der Waals surface area contributed by atoms with Crippen LogP contribution >= 0.6 is 24.0 Å². The molecule has 0 bridgehead atoms. The number of ether oxygens (including phenoxy) is 1. The third kappa shape index (κ3) is 6.32. The van der Waals surface area contributed by atoms with Gasteiger partial charge in [0.25, 0.3) is 6.47 Å². The summed E-state index contributed by atoms with van der Waals surface area (Å²) >= 11 is 6.38. The van der Waals surface area contributed by atoms with Crippen molar-refractivity contribution in [3.05, 3.63) is 59.2 Å². The summed E-state index contributed by atoms with van der Waals surface area (Å²) in [6.07, 6.45) is 1.10. The van der Waals surface area contributed by atoms with Gasteiger partial charge in [-0.1, -0.05) is 37.3 Å². The Labute approximate surface area is 186 Å². The minimum absolute atomic E-state index is 0.250. The van der Waals surface area contributed by atoms with E-state index in [9.17, 15) is 4.39 Å². The van der Waals surface area contributed by atoms with E-state index in [4.69, 9.17) is 14.6 Å². The smallest absolute Gasteiger partial charge is 0.290 e. The molecule has 0 aliphatic carbocycles. The Balaban J connectivity index is 0.00000101. The molecule has 0 aliphatic heterocycles. The van der Waals surface area contributed by atoms with E-state index in [2.05, 4.69) is 50.0 Å². The first kappa shape index (κ1) is 23.9. The maximum atomic E-state index is 13.9. The quantitative estimate of drug-likeness (QED) is 0.302. The molecule has 0 spiro atoms. The molecule has 0 fully saturated rings. The van der Waals surface area contributed by atoms with Gasteiger partial charge in [0.05, 0.1) is 7.11 Å². The number of nitrogens with one attached hydrogen (secondary N) is 1. The lowest BCUT2D eigenvalue weighted by atomic mass is 10.0. The average Bonchev–Trinajstić information content (AvgIpc) is 3.13. The molecular weight excluding hydrogens is 421 g/mol. The van der Waals surface area contributed by atoms with Gasteiger partial charge in [-0.05, 0) is 48.2 Å². The van der Waals surface area contributed by atoms with Crippen molar-refractivity contribution in [1.82, 2.24) is 5.32 Å². The van der Waals surface area contributed by atoms with Gasteiger partial charge in [0, 0.05) is 27.2 Å². The van der Waals surface area contributed by atoms with Crippen LogP contribution in [0.25, 0.3) is 21.6 Å². The third-order valence-corrected chi connectivity index (χ3v) is 6.40. The molecule has 160 valence electrons. The van der Waals surface area contributed by atoms with Gasteiger partial charge in [0.1, 0.15) is 0 Å². The maximum Gasteiger partial charge on any atom is 0.290 e. The predicted molar refractivity (Wildman–Crippen MR) is 124 cm³/mol. The van der Waals surface area contributed by atoms with Crippen molar-refractivity contribution < 1.29 is 19.0 Å². The van der Waals surface area contributed by atoms with Crippen LogP contribution in [0.15, 0.2) is 53.4 Å². The summed E-state index contributed by atoms with van der Waals surface area (Å²) in [5.41, 5.74) is 2.95.